The number of aliphatic carboxylic acids is 1. The lowest BCUT2D eigenvalue weighted by Crippen LogP contribution is -2.32. The van der Waals surface area contributed by atoms with Crippen LogP contribution < -0.4 is 0 Å². The van der Waals surface area contributed by atoms with E-state index in [4.69, 9.17) is 9.84 Å². The lowest BCUT2D eigenvalue weighted by molar-refractivity contribution is -0.136. The number of carbonyl (C=O) groups is 1. The molecule has 0 aromatic heterocycles. The molecular weight excluding hydrogens is 232 g/mol. The lowest BCUT2D eigenvalue weighted by Gasteiger charge is -2.11. The van der Waals surface area contributed by atoms with Gasteiger partial charge in [-0.05, 0) is 12.8 Å². The largest absolute Gasteiger partial charge is 0.480 e. The Morgan fingerprint density at radius 3 is 2.38 bits per heavy atom. The monoisotopic (exact) mass is 252 g/mol. The van der Waals surface area contributed by atoms with E-state index in [1.165, 1.54) is 0 Å². The smallest absolute Gasteiger partial charge is 0.321 e. The zero-order valence-corrected chi connectivity index (χ0v) is 10.6. The molecular formula is C10H20O5S. The Kier molecular flexibility index (Phi) is 7.33. The minimum absolute atomic E-state index is 0.0755. The summed E-state index contributed by atoms with van der Waals surface area (Å²) in [5, 5.41) is 7.43. The fraction of sp³-hybridized carbons (Fsp3) is 0.900. The van der Waals surface area contributed by atoms with Gasteiger partial charge in [-0.25, -0.2) is 8.42 Å². The first-order valence-corrected chi connectivity index (χ1v) is 7.19. The Labute approximate surface area is 96.7 Å². The molecule has 0 radical (unpaired) electrons. The molecule has 0 aliphatic heterocycles. The number of carboxylic acids is 1. The van der Waals surface area contributed by atoms with Gasteiger partial charge in [-0.15, -0.1) is 0 Å². The quantitative estimate of drug-likeness (QED) is 0.621. The van der Waals surface area contributed by atoms with E-state index >= 15 is 0 Å². The van der Waals surface area contributed by atoms with Gasteiger partial charge in [0.2, 0.25) is 0 Å². The summed E-state index contributed by atoms with van der Waals surface area (Å²) in [6.07, 6.45) is 1.96. The van der Waals surface area contributed by atoms with Crippen molar-refractivity contribution in [3.05, 3.63) is 0 Å². The first kappa shape index (κ1) is 15.4. The van der Waals surface area contributed by atoms with Crippen molar-refractivity contribution in [2.24, 2.45) is 0 Å². The van der Waals surface area contributed by atoms with Crippen LogP contribution in [0, 0.1) is 0 Å². The van der Waals surface area contributed by atoms with Gasteiger partial charge in [0.1, 0.15) is 0 Å². The highest BCUT2D eigenvalue weighted by atomic mass is 32.2. The van der Waals surface area contributed by atoms with E-state index in [9.17, 15) is 13.2 Å². The normalized spacial score (nSPS) is 13.6. The van der Waals surface area contributed by atoms with Crippen molar-refractivity contribution in [2.75, 3.05) is 19.0 Å². The average molecular weight is 252 g/mol. The van der Waals surface area contributed by atoms with Gasteiger partial charge in [0, 0.05) is 6.61 Å². The average Bonchev–Trinajstić information content (AvgIpc) is 2.17. The molecule has 0 bridgehead atoms. The van der Waals surface area contributed by atoms with E-state index in [1.807, 2.05) is 6.92 Å². The molecule has 0 spiro atoms. The molecule has 96 valence electrons. The summed E-state index contributed by atoms with van der Waals surface area (Å²) in [6.45, 7) is 4.16. The van der Waals surface area contributed by atoms with Gasteiger partial charge >= 0.3 is 5.97 Å². The molecule has 16 heavy (non-hydrogen) atoms. The molecule has 0 aromatic carbocycles. The van der Waals surface area contributed by atoms with Crippen LogP contribution >= 0.6 is 0 Å². The molecule has 0 amide bonds. The van der Waals surface area contributed by atoms with Crippen LogP contribution in [0.25, 0.3) is 0 Å². The third kappa shape index (κ3) is 5.46. The zero-order valence-electron chi connectivity index (χ0n) is 9.81. The van der Waals surface area contributed by atoms with Crippen LogP contribution in [0.3, 0.4) is 0 Å². The topological polar surface area (TPSA) is 80.7 Å². The Hall–Kier alpha value is -0.620. The summed E-state index contributed by atoms with van der Waals surface area (Å²) in [7, 11) is -3.58. The van der Waals surface area contributed by atoms with Crippen molar-refractivity contribution in [1.29, 1.82) is 0 Å². The van der Waals surface area contributed by atoms with Crippen LogP contribution in [0.15, 0.2) is 0 Å². The maximum atomic E-state index is 11.6. The number of ether oxygens (including phenoxy) is 1. The fourth-order valence-electron chi connectivity index (χ4n) is 1.25. The highest BCUT2D eigenvalue weighted by Crippen LogP contribution is 2.07. The molecule has 6 heteroatoms. The van der Waals surface area contributed by atoms with Crippen molar-refractivity contribution >= 4 is 15.8 Å². The van der Waals surface area contributed by atoms with E-state index in [-0.39, 0.29) is 18.8 Å². The van der Waals surface area contributed by atoms with Crippen LogP contribution in [0.4, 0.5) is 0 Å². The molecule has 0 saturated heterocycles. The third-order valence-corrected chi connectivity index (χ3v) is 4.37. The van der Waals surface area contributed by atoms with E-state index in [0.717, 1.165) is 12.8 Å². The number of carboxylic acid groups (broad SMARTS) is 1. The van der Waals surface area contributed by atoms with Gasteiger partial charge in [0.05, 0.1) is 12.4 Å². The summed E-state index contributed by atoms with van der Waals surface area (Å²) in [4.78, 5) is 10.7. The Morgan fingerprint density at radius 2 is 1.94 bits per heavy atom. The van der Waals surface area contributed by atoms with E-state index in [2.05, 4.69) is 0 Å². The first-order chi connectivity index (χ1) is 7.45. The highest BCUT2D eigenvalue weighted by Gasteiger charge is 2.30. The summed E-state index contributed by atoms with van der Waals surface area (Å²) in [5.74, 6) is -1.50. The molecule has 0 aliphatic carbocycles. The number of rotatable bonds is 9. The predicted molar refractivity (Wildman–Crippen MR) is 61.2 cm³/mol. The molecule has 1 unspecified atom stereocenters. The van der Waals surface area contributed by atoms with E-state index in [1.54, 1.807) is 6.92 Å². The second-order valence-electron chi connectivity index (χ2n) is 3.57. The van der Waals surface area contributed by atoms with Gasteiger partial charge in [0.25, 0.3) is 0 Å². The van der Waals surface area contributed by atoms with Gasteiger partial charge in [-0.2, -0.15) is 0 Å². The van der Waals surface area contributed by atoms with Crippen LogP contribution in [-0.4, -0.2) is 43.7 Å². The van der Waals surface area contributed by atoms with Gasteiger partial charge in [0.15, 0.2) is 15.1 Å². The standard InChI is InChI=1S/C10H20O5S/c1-3-5-6-15-7-8-16(13,14)9(4-2)10(11)12/h9H,3-8H2,1-2H3,(H,11,12). The summed E-state index contributed by atoms with van der Waals surface area (Å²) < 4.78 is 28.3. The van der Waals surface area contributed by atoms with Crippen molar-refractivity contribution < 1.29 is 23.1 Å². The number of unbranched alkanes of at least 4 members (excludes halogenated alkanes) is 1. The number of hydrogen-bond acceptors (Lipinski definition) is 4. The molecule has 0 aromatic rings. The SMILES string of the molecule is CCCCOCCS(=O)(=O)C(CC)C(=O)O. The summed E-state index contributed by atoms with van der Waals surface area (Å²) in [5.41, 5.74) is 0. The molecule has 0 heterocycles. The molecule has 0 aliphatic rings. The number of sulfone groups is 1. The molecule has 0 saturated carbocycles. The predicted octanol–water partition coefficient (Wildman–Crippen LogP) is 1.08. The van der Waals surface area contributed by atoms with Crippen LogP contribution in [0.5, 0.6) is 0 Å². The maximum Gasteiger partial charge on any atom is 0.321 e. The first-order valence-electron chi connectivity index (χ1n) is 5.47. The Balaban J connectivity index is 4.09. The van der Waals surface area contributed by atoms with E-state index in [0.29, 0.717) is 6.61 Å². The van der Waals surface area contributed by atoms with Gasteiger partial charge in [-0.1, -0.05) is 20.3 Å². The molecule has 0 rings (SSSR count). The Bertz CT molecular complexity index is 296. The number of hydrogen-bond donors (Lipinski definition) is 1. The molecule has 5 nitrogen and oxygen atoms in total. The zero-order chi connectivity index (χ0) is 12.6. The summed E-state index contributed by atoms with van der Waals surface area (Å²) in [6, 6.07) is 0. The summed E-state index contributed by atoms with van der Waals surface area (Å²) >= 11 is 0. The Morgan fingerprint density at radius 1 is 1.31 bits per heavy atom. The van der Waals surface area contributed by atoms with Crippen molar-refractivity contribution in [1.82, 2.24) is 0 Å². The van der Waals surface area contributed by atoms with Crippen molar-refractivity contribution in [3.8, 4) is 0 Å². The van der Waals surface area contributed by atoms with Crippen molar-refractivity contribution in [2.45, 2.75) is 38.4 Å². The third-order valence-electron chi connectivity index (χ3n) is 2.23. The van der Waals surface area contributed by atoms with Crippen LogP contribution in [0.2, 0.25) is 0 Å². The fourth-order valence-corrected chi connectivity index (χ4v) is 2.70. The second kappa shape index (κ2) is 7.62. The van der Waals surface area contributed by atoms with E-state index < -0.39 is 21.1 Å². The molecule has 1 atom stereocenters. The minimum atomic E-state index is -3.58. The lowest BCUT2D eigenvalue weighted by atomic mass is 10.3. The van der Waals surface area contributed by atoms with Gasteiger partial charge < -0.3 is 9.84 Å². The molecule has 1 N–H and O–H groups in total. The van der Waals surface area contributed by atoms with Crippen LogP contribution in [0.1, 0.15) is 33.1 Å². The van der Waals surface area contributed by atoms with Gasteiger partial charge in [-0.3, -0.25) is 4.79 Å². The minimum Gasteiger partial charge on any atom is -0.480 e. The maximum absolute atomic E-state index is 11.6. The second-order valence-corrected chi connectivity index (χ2v) is 5.87. The molecule has 0 fully saturated rings. The highest BCUT2D eigenvalue weighted by molar-refractivity contribution is 7.92. The van der Waals surface area contributed by atoms with Crippen molar-refractivity contribution in [3.63, 3.8) is 0 Å². The van der Waals surface area contributed by atoms with Crippen LogP contribution in [-0.2, 0) is 19.4 Å².